The second kappa shape index (κ2) is 9.41. The van der Waals surface area contributed by atoms with Crippen molar-refractivity contribution >= 4 is 22.8 Å². The van der Waals surface area contributed by atoms with Crippen LogP contribution in [0.1, 0.15) is 23.2 Å². The number of morpholine rings is 1. The Kier molecular flexibility index (Phi) is 6.61. The number of carbonyl (C=O) groups is 2. The van der Waals surface area contributed by atoms with Gasteiger partial charge in [0.2, 0.25) is 11.8 Å². The molecule has 0 aliphatic carbocycles. The Morgan fingerprint density at radius 2 is 1.62 bits per heavy atom. The summed E-state index contributed by atoms with van der Waals surface area (Å²) in [5, 5.41) is 5.34. The molecule has 10 heteroatoms. The molecule has 174 valence electrons. The number of aryl methyl sites for hydroxylation is 3. The number of aromatic nitrogens is 3. The van der Waals surface area contributed by atoms with Crippen LogP contribution in [0.5, 0.6) is 0 Å². The predicted molar refractivity (Wildman–Crippen MR) is 120 cm³/mol. The summed E-state index contributed by atoms with van der Waals surface area (Å²) in [5.41, 5.74) is 2.94. The van der Waals surface area contributed by atoms with Gasteiger partial charge in [-0.2, -0.15) is 5.10 Å². The van der Waals surface area contributed by atoms with Gasteiger partial charge in [-0.1, -0.05) is 0 Å². The molecule has 2 aliphatic heterocycles. The van der Waals surface area contributed by atoms with E-state index >= 15 is 0 Å². The van der Waals surface area contributed by atoms with E-state index in [9.17, 15) is 14.4 Å². The summed E-state index contributed by atoms with van der Waals surface area (Å²) in [6, 6.07) is 0. The third kappa shape index (κ3) is 4.56. The quantitative estimate of drug-likeness (QED) is 0.686. The van der Waals surface area contributed by atoms with Gasteiger partial charge >= 0.3 is 0 Å². The van der Waals surface area contributed by atoms with Gasteiger partial charge in [-0.15, -0.1) is 0 Å². The van der Waals surface area contributed by atoms with E-state index in [-0.39, 0.29) is 23.8 Å². The van der Waals surface area contributed by atoms with Crippen LogP contribution < -0.4 is 5.56 Å². The third-order valence-corrected chi connectivity index (χ3v) is 6.59. The first-order valence-corrected chi connectivity index (χ1v) is 11.3. The molecular weight excluding hydrogens is 412 g/mol. The third-order valence-electron chi connectivity index (χ3n) is 6.59. The summed E-state index contributed by atoms with van der Waals surface area (Å²) < 4.78 is 7.00. The Balaban J connectivity index is 1.31. The number of aromatic amines is 1. The summed E-state index contributed by atoms with van der Waals surface area (Å²) in [7, 11) is 1.80. The second-order valence-electron chi connectivity index (χ2n) is 8.64. The zero-order valence-electron chi connectivity index (χ0n) is 19.1. The Hall–Kier alpha value is -2.72. The van der Waals surface area contributed by atoms with Crippen LogP contribution in [0.25, 0.3) is 11.0 Å². The largest absolute Gasteiger partial charge is 0.379 e. The average molecular weight is 445 g/mol. The maximum Gasteiger partial charge on any atom is 0.253 e. The SMILES string of the molecule is Cc1nn(C)c2[nH]c(=O)c(CCC(=O)N3CCN(C(=O)CN4CCOCC4)CC3)c(C)c12. The molecule has 2 aromatic heterocycles. The summed E-state index contributed by atoms with van der Waals surface area (Å²) in [5.74, 6) is 0.133. The molecule has 2 aliphatic rings. The molecule has 2 aromatic rings. The number of H-pyrrole nitrogens is 1. The van der Waals surface area contributed by atoms with Crippen molar-refractivity contribution in [2.75, 3.05) is 59.0 Å². The van der Waals surface area contributed by atoms with Gasteiger partial charge in [0.1, 0.15) is 5.65 Å². The van der Waals surface area contributed by atoms with Crippen LogP contribution in [0.15, 0.2) is 4.79 Å². The lowest BCUT2D eigenvalue weighted by atomic mass is 10.0. The number of nitrogens with one attached hydrogen (secondary N) is 1. The van der Waals surface area contributed by atoms with Crippen molar-refractivity contribution < 1.29 is 14.3 Å². The minimum atomic E-state index is -0.163. The molecule has 0 radical (unpaired) electrons. The molecule has 2 saturated heterocycles. The van der Waals surface area contributed by atoms with Crippen LogP contribution in [-0.2, 0) is 27.8 Å². The van der Waals surface area contributed by atoms with Crippen molar-refractivity contribution in [1.29, 1.82) is 0 Å². The standard InChI is InChI=1S/C22H32N6O4/c1-15-17(22(31)23-21-20(15)16(2)24-25(21)3)4-5-18(29)27-6-8-28(9-7-27)19(30)14-26-10-12-32-13-11-26/h4-14H2,1-3H3,(H,23,31). The normalized spacial score (nSPS) is 17.8. The number of amides is 2. The van der Waals surface area contributed by atoms with Crippen LogP contribution >= 0.6 is 0 Å². The highest BCUT2D eigenvalue weighted by atomic mass is 16.5. The average Bonchev–Trinajstić information content (AvgIpc) is 3.07. The molecule has 0 bridgehead atoms. The van der Waals surface area contributed by atoms with E-state index in [1.54, 1.807) is 16.6 Å². The van der Waals surface area contributed by atoms with E-state index in [0.717, 1.165) is 29.7 Å². The van der Waals surface area contributed by atoms with Crippen LogP contribution in [0.3, 0.4) is 0 Å². The fourth-order valence-electron chi connectivity index (χ4n) is 4.70. The number of ether oxygens (including phenoxy) is 1. The van der Waals surface area contributed by atoms with Gasteiger partial charge in [0.05, 0.1) is 25.5 Å². The number of pyridine rings is 1. The Morgan fingerprint density at radius 3 is 2.28 bits per heavy atom. The molecule has 0 unspecified atom stereocenters. The molecule has 0 spiro atoms. The smallest absolute Gasteiger partial charge is 0.253 e. The number of fused-ring (bicyclic) bond motifs is 1. The zero-order chi connectivity index (χ0) is 22.8. The predicted octanol–water partition coefficient (Wildman–Crippen LogP) is -0.186. The van der Waals surface area contributed by atoms with Crippen LogP contribution in [0.4, 0.5) is 0 Å². The molecule has 0 saturated carbocycles. The van der Waals surface area contributed by atoms with Crippen molar-refractivity contribution in [2.45, 2.75) is 26.7 Å². The molecule has 0 atom stereocenters. The summed E-state index contributed by atoms with van der Waals surface area (Å²) in [6.45, 7) is 9.33. The molecule has 0 aromatic carbocycles. The minimum absolute atomic E-state index is 0.0204. The maximum absolute atomic E-state index is 12.8. The maximum atomic E-state index is 12.8. The number of rotatable bonds is 5. The van der Waals surface area contributed by atoms with Crippen LogP contribution in [0, 0.1) is 13.8 Å². The minimum Gasteiger partial charge on any atom is -0.379 e. The van der Waals surface area contributed by atoms with Crippen LogP contribution in [-0.4, -0.2) is 100 Å². The summed E-state index contributed by atoms with van der Waals surface area (Å²) in [4.78, 5) is 46.6. The topological polar surface area (TPSA) is 104 Å². The van der Waals surface area contributed by atoms with Gasteiger partial charge < -0.3 is 19.5 Å². The molecule has 10 nitrogen and oxygen atoms in total. The number of carbonyl (C=O) groups excluding carboxylic acids is 2. The molecule has 2 fully saturated rings. The van der Waals surface area contributed by atoms with E-state index in [1.807, 2.05) is 18.7 Å². The first-order chi connectivity index (χ1) is 15.3. The van der Waals surface area contributed by atoms with Gasteiger partial charge in [0.15, 0.2) is 0 Å². The van der Waals surface area contributed by atoms with Crippen LogP contribution in [0.2, 0.25) is 0 Å². The molecule has 2 amide bonds. The number of hydrogen-bond acceptors (Lipinski definition) is 6. The fraction of sp³-hybridized carbons (Fsp3) is 0.636. The second-order valence-corrected chi connectivity index (χ2v) is 8.64. The zero-order valence-corrected chi connectivity index (χ0v) is 19.1. The first kappa shape index (κ1) is 22.5. The van der Waals surface area contributed by atoms with E-state index < -0.39 is 0 Å². The summed E-state index contributed by atoms with van der Waals surface area (Å²) in [6.07, 6.45) is 0.664. The molecule has 4 heterocycles. The Bertz CT molecular complexity index is 1060. The monoisotopic (exact) mass is 444 g/mol. The highest BCUT2D eigenvalue weighted by molar-refractivity contribution is 5.83. The van der Waals surface area contributed by atoms with Gasteiger partial charge in [-0.3, -0.25) is 24.0 Å². The summed E-state index contributed by atoms with van der Waals surface area (Å²) >= 11 is 0. The number of piperazine rings is 1. The molecular formula is C22H32N6O4. The number of hydrogen-bond donors (Lipinski definition) is 1. The van der Waals surface area contributed by atoms with Gasteiger partial charge in [0.25, 0.3) is 5.56 Å². The highest BCUT2D eigenvalue weighted by Crippen LogP contribution is 2.21. The highest BCUT2D eigenvalue weighted by Gasteiger charge is 2.26. The van der Waals surface area contributed by atoms with Crippen molar-refractivity contribution in [2.24, 2.45) is 7.05 Å². The van der Waals surface area contributed by atoms with E-state index in [4.69, 9.17) is 4.74 Å². The van der Waals surface area contributed by atoms with E-state index in [1.165, 1.54) is 0 Å². The molecule has 1 N–H and O–H groups in total. The van der Waals surface area contributed by atoms with Gasteiger partial charge in [-0.25, -0.2) is 0 Å². The Morgan fingerprint density at radius 1 is 1.00 bits per heavy atom. The Labute approximate surface area is 187 Å². The lowest BCUT2D eigenvalue weighted by molar-refractivity contribution is -0.140. The van der Waals surface area contributed by atoms with Crippen molar-refractivity contribution in [3.05, 3.63) is 27.2 Å². The lowest BCUT2D eigenvalue weighted by Gasteiger charge is -2.36. The van der Waals surface area contributed by atoms with E-state index in [0.29, 0.717) is 63.6 Å². The van der Waals surface area contributed by atoms with Crippen molar-refractivity contribution in [3.63, 3.8) is 0 Å². The number of nitrogens with zero attached hydrogens (tertiary/aromatic N) is 5. The fourth-order valence-corrected chi connectivity index (χ4v) is 4.70. The van der Waals surface area contributed by atoms with Gasteiger partial charge in [-0.05, 0) is 25.8 Å². The first-order valence-electron chi connectivity index (χ1n) is 11.3. The lowest BCUT2D eigenvalue weighted by Crippen LogP contribution is -2.53. The van der Waals surface area contributed by atoms with E-state index in [2.05, 4.69) is 15.0 Å². The van der Waals surface area contributed by atoms with Gasteiger partial charge in [0, 0.05) is 63.7 Å². The molecule has 32 heavy (non-hydrogen) atoms. The van der Waals surface area contributed by atoms with Crippen molar-refractivity contribution in [3.8, 4) is 0 Å². The molecule has 4 rings (SSSR count). The van der Waals surface area contributed by atoms with Crippen molar-refractivity contribution in [1.82, 2.24) is 29.5 Å².